The minimum absolute atomic E-state index is 0.0704. The van der Waals surface area contributed by atoms with Crippen LogP contribution in [-0.2, 0) is 19.7 Å². The van der Waals surface area contributed by atoms with Crippen molar-refractivity contribution >= 4 is 74.2 Å². The molecule has 2 amide bonds. The van der Waals surface area contributed by atoms with Crippen LogP contribution >= 0.6 is 46.4 Å². The second-order valence-corrected chi connectivity index (χ2v) is 11.3. The molecule has 13 heteroatoms. The summed E-state index contributed by atoms with van der Waals surface area (Å²) in [6.45, 7) is 1.99. The number of hydrogen-bond acceptors (Lipinski definition) is 6. The summed E-state index contributed by atoms with van der Waals surface area (Å²) >= 11 is 24.1. The molecule has 1 saturated heterocycles. The summed E-state index contributed by atoms with van der Waals surface area (Å²) in [5.41, 5.74) is 0.316. The zero-order valence-electron chi connectivity index (χ0n) is 17.5. The van der Waals surface area contributed by atoms with Gasteiger partial charge in [0.1, 0.15) is 0 Å². The first kappa shape index (κ1) is 25.2. The number of piperidine rings is 1. The fourth-order valence-electron chi connectivity index (χ4n) is 3.77. The molecule has 1 fully saturated rings. The SMILES string of the molecule is Cc1ccc(S(=O)(=O)N2CCC(C(=O)ON3C(=O)c4c(Cl)c(Cl)c(Cl)c(Cl)c4C3=O)CC2)cc1. The van der Waals surface area contributed by atoms with Crippen LogP contribution < -0.4 is 0 Å². The number of hydrogen-bond donors (Lipinski definition) is 0. The van der Waals surface area contributed by atoms with E-state index in [0.29, 0.717) is 0 Å². The Labute approximate surface area is 215 Å². The Hall–Kier alpha value is -1.88. The number of sulfonamides is 1. The summed E-state index contributed by atoms with van der Waals surface area (Å²) in [6, 6.07) is 6.47. The van der Waals surface area contributed by atoms with Crippen molar-refractivity contribution in [3.63, 3.8) is 0 Å². The van der Waals surface area contributed by atoms with E-state index in [-0.39, 0.29) is 67.1 Å². The third kappa shape index (κ3) is 4.19. The predicted octanol–water partition coefficient (Wildman–Crippen LogP) is 4.76. The second kappa shape index (κ2) is 9.29. The zero-order chi connectivity index (χ0) is 24.9. The summed E-state index contributed by atoms with van der Waals surface area (Å²) in [5, 5.41) is -0.699. The van der Waals surface area contributed by atoms with Crippen molar-refractivity contribution in [1.82, 2.24) is 9.37 Å². The van der Waals surface area contributed by atoms with Gasteiger partial charge in [0.15, 0.2) is 0 Å². The normalized spacial score (nSPS) is 17.3. The fraction of sp³-hybridized carbons (Fsp3) is 0.286. The van der Waals surface area contributed by atoms with Crippen LogP contribution in [0, 0.1) is 12.8 Å². The van der Waals surface area contributed by atoms with Crippen molar-refractivity contribution in [2.75, 3.05) is 13.1 Å². The molecule has 34 heavy (non-hydrogen) atoms. The molecule has 0 atom stereocenters. The first-order valence-electron chi connectivity index (χ1n) is 9.98. The van der Waals surface area contributed by atoms with Crippen molar-refractivity contribution in [1.29, 1.82) is 0 Å². The van der Waals surface area contributed by atoms with E-state index in [1.165, 1.54) is 16.4 Å². The predicted molar refractivity (Wildman–Crippen MR) is 126 cm³/mol. The number of imide groups is 1. The van der Waals surface area contributed by atoms with Crippen molar-refractivity contribution in [3.05, 3.63) is 61.0 Å². The Kier molecular flexibility index (Phi) is 6.89. The first-order valence-corrected chi connectivity index (χ1v) is 12.9. The second-order valence-electron chi connectivity index (χ2n) is 7.81. The van der Waals surface area contributed by atoms with Crippen LogP contribution in [0.1, 0.15) is 39.1 Å². The molecule has 180 valence electrons. The maximum absolute atomic E-state index is 12.9. The van der Waals surface area contributed by atoms with Crippen LogP contribution in [0.5, 0.6) is 0 Å². The molecule has 2 aliphatic rings. The highest BCUT2D eigenvalue weighted by Gasteiger charge is 2.45. The Morgan fingerprint density at radius 3 is 1.82 bits per heavy atom. The van der Waals surface area contributed by atoms with Gasteiger partial charge in [0.25, 0.3) is 11.8 Å². The number of aryl methyl sites for hydroxylation is 1. The molecule has 0 radical (unpaired) electrons. The van der Waals surface area contributed by atoms with E-state index in [2.05, 4.69) is 0 Å². The van der Waals surface area contributed by atoms with Gasteiger partial charge >= 0.3 is 5.97 Å². The van der Waals surface area contributed by atoms with Gasteiger partial charge in [-0.15, -0.1) is 0 Å². The van der Waals surface area contributed by atoms with Gasteiger partial charge in [0.05, 0.1) is 42.0 Å². The number of carbonyl (C=O) groups is 3. The van der Waals surface area contributed by atoms with Gasteiger partial charge in [-0.3, -0.25) is 9.59 Å². The molecule has 0 spiro atoms. The molecule has 2 aromatic carbocycles. The smallest absolute Gasteiger partial charge is 0.329 e. The Morgan fingerprint density at radius 2 is 1.35 bits per heavy atom. The lowest BCUT2D eigenvalue weighted by Crippen LogP contribution is -2.42. The average Bonchev–Trinajstić information content (AvgIpc) is 3.06. The van der Waals surface area contributed by atoms with Crippen LogP contribution in [0.25, 0.3) is 0 Å². The minimum atomic E-state index is -3.71. The standard InChI is InChI=1S/C21H16Cl4N2O6S/c1-10-2-4-12(5-3-10)34(31,32)26-8-6-11(7-9-26)21(30)33-27-19(28)13-14(20(27)29)16(23)18(25)17(24)15(13)22/h2-5,11H,6-9H2,1H3. The van der Waals surface area contributed by atoms with Crippen LogP contribution in [0.2, 0.25) is 20.1 Å². The summed E-state index contributed by atoms with van der Waals surface area (Å²) < 4.78 is 27.0. The molecule has 0 unspecified atom stereocenters. The Bertz CT molecular complexity index is 1280. The maximum atomic E-state index is 12.9. The van der Waals surface area contributed by atoms with Gasteiger partial charge in [-0.2, -0.15) is 4.31 Å². The van der Waals surface area contributed by atoms with Crippen LogP contribution in [0.4, 0.5) is 0 Å². The van der Waals surface area contributed by atoms with Crippen molar-refractivity contribution in [2.45, 2.75) is 24.7 Å². The van der Waals surface area contributed by atoms with E-state index < -0.39 is 33.7 Å². The lowest BCUT2D eigenvalue weighted by atomic mass is 9.99. The van der Waals surface area contributed by atoms with E-state index in [4.69, 9.17) is 51.2 Å². The molecule has 0 aliphatic carbocycles. The minimum Gasteiger partial charge on any atom is -0.329 e. The maximum Gasteiger partial charge on any atom is 0.336 e. The molecule has 4 rings (SSSR count). The number of amides is 2. The monoisotopic (exact) mass is 564 g/mol. The van der Waals surface area contributed by atoms with E-state index in [1.807, 2.05) is 6.92 Å². The molecular weight excluding hydrogens is 550 g/mol. The van der Waals surface area contributed by atoms with Gasteiger partial charge in [-0.05, 0) is 31.9 Å². The van der Waals surface area contributed by atoms with Crippen molar-refractivity contribution < 1.29 is 27.6 Å². The van der Waals surface area contributed by atoms with E-state index in [9.17, 15) is 22.8 Å². The number of nitrogens with zero attached hydrogens (tertiary/aromatic N) is 2. The first-order chi connectivity index (χ1) is 15.9. The van der Waals surface area contributed by atoms with Crippen LogP contribution in [0.3, 0.4) is 0 Å². The quantitative estimate of drug-likeness (QED) is 0.301. The lowest BCUT2D eigenvalue weighted by Gasteiger charge is -2.30. The summed E-state index contributed by atoms with van der Waals surface area (Å²) in [7, 11) is -3.71. The Balaban J connectivity index is 1.45. The molecule has 8 nitrogen and oxygen atoms in total. The zero-order valence-corrected chi connectivity index (χ0v) is 21.3. The van der Waals surface area contributed by atoms with Gasteiger partial charge in [0, 0.05) is 13.1 Å². The number of fused-ring (bicyclic) bond motifs is 1. The third-order valence-corrected chi connectivity index (χ3v) is 9.41. The third-order valence-electron chi connectivity index (χ3n) is 5.69. The van der Waals surface area contributed by atoms with E-state index in [1.54, 1.807) is 12.1 Å². The molecule has 2 aromatic rings. The van der Waals surface area contributed by atoms with Gasteiger partial charge < -0.3 is 4.84 Å². The summed E-state index contributed by atoms with van der Waals surface area (Å²) in [5.74, 6) is -3.59. The van der Waals surface area contributed by atoms with Crippen LogP contribution in [0.15, 0.2) is 29.2 Å². The molecule has 0 aromatic heterocycles. The molecule has 0 saturated carbocycles. The molecule has 2 aliphatic heterocycles. The number of rotatable bonds is 4. The average molecular weight is 566 g/mol. The fourth-order valence-corrected chi connectivity index (χ4v) is 6.25. The number of benzene rings is 2. The lowest BCUT2D eigenvalue weighted by molar-refractivity contribution is -0.175. The summed E-state index contributed by atoms with van der Waals surface area (Å²) in [4.78, 5) is 43.4. The summed E-state index contributed by atoms with van der Waals surface area (Å²) in [6.07, 6.45) is 0.290. The molecule has 0 bridgehead atoms. The highest BCUT2D eigenvalue weighted by molar-refractivity contribution is 7.89. The molecule has 0 N–H and O–H groups in total. The molecule has 2 heterocycles. The van der Waals surface area contributed by atoms with Crippen molar-refractivity contribution in [3.8, 4) is 0 Å². The largest absolute Gasteiger partial charge is 0.336 e. The van der Waals surface area contributed by atoms with Crippen LogP contribution in [-0.4, -0.2) is 48.7 Å². The van der Waals surface area contributed by atoms with Gasteiger partial charge in [0.2, 0.25) is 10.0 Å². The van der Waals surface area contributed by atoms with E-state index in [0.717, 1.165) is 5.56 Å². The van der Waals surface area contributed by atoms with E-state index >= 15 is 0 Å². The Morgan fingerprint density at radius 1 is 0.882 bits per heavy atom. The highest BCUT2D eigenvalue weighted by Crippen LogP contribution is 2.45. The number of halogens is 4. The number of carbonyl (C=O) groups excluding carboxylic acids is 3. The van der Waals surface area contributed by atoms with Gasteiger partial charge in [-0.25, -0.2) is 13.2 Å². The van der Waals surface area contributed by atoms with Crippen molar-refractivity contribution in [2.24, 2.45) is 5.92 Å². The highest BCUT2D eigenvalue weighted by atomic mass is 35.5. The van der Waals surface area contributed by atoms with Gasteiger partial charge in [-0.1, -0.05) is 69.2 Å². The number of hydroxylamine groups is 2. The molecular formula is C21H16Cl4N2O6S. The topological polar surface area (TPSA) is 101 Å².